The Kier molecular flexibility index (Phi) is 5.45. The van der Waals surface area contributed by atoms with Crippen molar-refractivity contribution in [3.63, 3.8) is 0 Å². The van der Waals surface area contributed by atoms with E-state index in [0.29, 0.717) is 39.3 Å². The van der Waals surface area contributed by atoms with Gasteiger partial charge in [-0.1, -0.05) is 30.3 Å². The van der Waals surface area contributed by atoms with E-state index in [1.807, 2.05) is 6.92 Å². The molecule has 0 saturated carbocycles. The molecule has 0 radical (unpaired) electrons. The molecule has 130 valence electrons. The van der Waals surface area contributed by atoms with E-state index in [9.17, 15) is 4.79 Å². The predicted octanol–water partition coefficient (Wildman–Crippen LogP) is 4.39. The number of pyridine rings is 1. The molecule has 0 saturated heterocycles. The minimum absolute atomic E-state index is 0.149. The number of nitrogens with zero attached hydrogens (tertiary/aromatic N) is 2. The number of ether oxygens (including phenoxy) is 1. The standard InChI is InChI=1S/C17H16ClN3O3S/c1-3-14(25-17-21-15-13(24-17)5-4-8-19-15)16(22)20-10-6-7-12(23-2)11(18)9-10/h4-9,14H,3H2,1-2H3,(H,20,22)/t14-/m0/s1. The van der Waals surface area contributed by atoms with Gasteiger partial charge in [0.05, 0.1) is 17.4 Å². The van der Waals surface area contributed by atoms with Crippen LogP contribution >= 0.6 is 23.4 Å². The molecule has 0 aliphatic rings. The van der Waals surface area contributed by atoms with Crippen LogP contribution in [0.15, 0.2) is 46.2 Å². The summed E-state index contributed by atoms with van der Waals surface area (Å²) in [5.74, 6) is 0.406. The molecule has 0 fully saturated rings. The number of anilines is 1. The lowest BCUT2D eigenvalue weighted by molar-refractivity contribution is -0.115. The summed E-state index contributed by atoms with van der Waals surface area (Å²) in [7, 11) is 1.54. The normalized spacial score (nSPS) is 12.1. The van der Waals surface area contributed by atoms with Gasteiger partial charge in [0.1, 0.15) is 5.75 Å². The Labute approximate surface area is 153 Å². The number of amides is 1. The third-order valence-corrected chi connectivity index (χ3v) is 4.97. The smallest absolute Gasteiger partial charge is 0.259 e. The Hall–Kier alpha value is -2.25. The molecule has 3 rings (SSSR count). The number of rotatable bonds is 6. The quantitative estimate of drug-likeness (QED) is 0.642. The molecule has 3 aromatic rings. The summed E-state index contributed by atoms with van der Waals surface area (Å²) in [6, 6.07) is 8.67. The van der Waals surface area contributed by atoms with Crippen LogP contribution in [0, 0.1) is 0 Å². The molecule has 0 spiro atoms. The van der Waals surface area contributed by atoms with Crippen LogP contribution in [0.5, 0.6) is 5.75 Å². The number of nitrogens with one attached hydrogen (secondary N) is 1. The Morgan fingerprint density at radius 1 is 1.44 bits per heavy atom. The van der Waals surface area contributed by atoms with Gasteiger partial charge in [0.25, 0.3) is 5.22 Å². The molecule has 1 atom stereocenters. The summed E-state index contributed by atoms with van der Waals surface area (Å²) in [5.41, 5.74) is 1.73. The summed E-state index contributed by atoms with van der Waals surface area (Å²) < 4.78 is 10.7. The van der Waals surface area contributed by atoms with Crippen molar-refractivity contribution in [1.82, 2.24) is 9.97 Å². The Bertz CT molecular complexity index is 867. The highest BCUT2D eigenvalue weighted by atomic mass is 35.5. The topological polar surface area (TPSA) is 77.2 Å². The predicted molar refractivity (Wildman–Crippen MR) is 98.4 cm³/mol. The zero-order chi connectivity index (χ0) is 17.8. The highest BCUT2D eigenvalue weighted by Crippen LogP contribution is 2.30. The fourth-order valence-corrected chi connectivity index (χ4v) is 3.32. The Morgan fingerprint density at radius 2 is 2.28 bits per heavy atom. The van der Waals surface area contributed by atoms with Crippen molar-refractivity contribution in [3.8, 4) is 5.75 Å². The minimum Gasteiger partial charge on any atom is -0.495 e. The number of carbonyl (C=O) groups excluding carboxylic acids is 1. The van der Waals surface area contributed by atoms with Gasteiger partial charge in [-0.2, -0.15) is 4.98 Å². The number of carbonyl (C=O) groups is 1. The van der Waals surface area contributed by atoms with Crippen molar-refractivity contribution in [3.05, 3.63) is 41.6 Å². The van der Waals surface area contributed by atoms with Gasteiger partial charge in [-0.05, 0) is 36.8 Å². The van der Waals surface area contributed by atoms with Gasteiger partial charge in [-0.25, -0.2) is 4.98 Å². The van der Waals surface area contributed by atoms with E-state index in [1.54, 1.807) is 43.6 Å². The lowest BCUT2D eigenvalue weighted by Crippen LogP contribution is -2.24. The lowest BCUT2D eigenvalue weighted by atomic mass is 10.2. The van der Waals surface area contributed by atoms with Gasteiger partial charge in [-0.15, -0.1) is 0 Å². The van der Waals surface area contributed by atoms with Crippen LogP contribution < -0.4 is 10.1 Å². The summed E-state index contributed by atoms with van der Waals surface area (Å²) >= 11 is 7.35. The van der Waals surface area contributed by atoms with Crippen molar-refractivity contribution in [1.29, 1.82) is 0 Å². The molecule has 0 aliphatic heterocycles. The second kappa shape index (κ2) is 7.76. The first-order chi connectivity index (χ1) is 12.1. The molecule has 0 unspecified atom stereocenters. The number of thioether (sulfide) groups is 1. The summed E-state index contributed by atoms with van der Waals surface area (Å²) in [5, 5.41) is 3.36. The van der Waals surface area contributed by atoms with Crippen molar-refractivity contribution in [2.24, 2.45) is 0 Å². The maximum Gasteiger partial charge on any atom is 0.259 e. The van der Waals surface area contributed by atoms with Crippen LogP contribution in [0.3, 0.4) is 0 Å². The summed E-state index contributed by atoms with van der Waals surface area (Å²) in [6.07, 6.45) is 2.27. The van der Waals surface area contributed by atoms with Gasteiger partial charge < -0.3 is 14.5 Å². The average Bonchev–Trinajstić information content (AvgIpc) is 3.02. The zero-order valence-corrected chi connectivity index (χ0v) is 15.2. The van der Waals surface area contributed by atoms with Crippen molar-refractivity contribution in [2.75, 3.05) is 12.4 Å². The molecule has 1 N–H and O–H groups in total. The lowest BCUT2D eigenvalue weighted by Gasteiger charge is -2.13. The van der Waals surface area contributed by atoms with Gasteiger partial charge in [-0.3, -0.25) is 4.79 Å². The first-order valence-corrected chi connectivity index (χ1v) is 8.89. The zero-order valence-electron chi connectivity index (χ0n) is 13.7. The second-order valence-corrected chi connectivity index (χ2v) is 6.72. The fraction of sp³-hybridized carbons (Fsp3) is 0.235. The van der Waals surface area contributed by atoms with Crippen molar-refractivity contribution in [2.45, 2.75) is 23.8 Å². The van der Waals surface area contributed by atoms with E-state index in [1.165, 1.54) is 11.8 Å². The minimum atomic E-state index is -0.353. The van der Waals surface area contributed by atoms with E-state index < -0.39 is 0 Å². The number of oxazole rings is 1. The summed E-state index contributed by atoms with van der Waals surface area (Å²) in [6.45, 7) is 1.93. The second-order valence-electron chi connectivity index (χ2n) is 5.16. The molecular weight excluding hydrogens is 362 g/mol. The summed E-state index contributed by atoms with van der Waals surface area (Å²) in [4.78, 5) is 21.0. The first-order valence-electron chi connectivity index (χ1n) is 7.63. The molecule has 2 aromatic heterocycles. The number of hydrogen-bond donors (Lipinski definition) is 1. The molecule has 1 amide bonds. The highest BCUT2D eigenvalue weighted by molar-refractivity contribution is 8.00. The van der Waals surface area contributed by atoms with E-state index in [-0.39, 0.29) is 11.2 Å². The van der Waals surface area contributed by atoms with Gasteiger partial charge in [0.15, 0.2) is 11.2 Å². The monoisotopic (exact) mass is 377 g/mol. The molecule has 6 nitrogen and oxygen atoms in total. The van der Waals surface area contributed by atoms with Crippen molar-refractivity contribution >= 4 is 46.2 Å². The first kappa shape index (κ1) is 17.6. The Balaban J connectivity index is 1.71. The average molecular weight is 378 g/mol. The number of aromatic nitrogens is 2. The SMILES string of the molecule is CC[C@H](Sc1nc2ncccc2o1)C(=O)Nc1ccc(OC)c(Cl)c1. The van der Waals surface area contributed by atoms with Crippen LogP contribution in [0.25, 0.3) is 11.2 Å². The maximum absolute atomic E-state index is 12.5. The van der Waals surface area contributed by atoms with Crippen molar-refractivity contribution < 1.29 is 13.9 Å². The van der Waals surface area contributed by atoms with E-state index in [4.69, 9.17) is 20.8 Å². The Morgan fingerprint density at radius 3 is 2.96 bits per heavy atom. The molecular formula is C17H16ClN3O3S. The number of benzene rings is 1. The molecule has 2 heterocycles. The van der Waals surface area contributed by atoms with Crippen LogP contribution in [0.4, 0.5) is 5.69 Å². The molecule has 1 aromatic carbocycles. The number of hydrogen-bond acceptors (Lipinski definition) is 6. The number of halogens is 1. The molecule has 0 bridgehead atoms. The van der Waals surface area contributed by atoms with Crippen LogP contribution in [-0.4, -0.2) is 28.2 Å². The van der Waals surface area contributed by atoms with E-state index in [2.05, 4.69) is 15.3 Å². The van der Waals surface area contributed by atoms with E-state index in [0.717, 1.165) is 0 Å². The number of fused-ring (bicyclic) bond motifs is 1. The van der Waals surface area contributed by atoms with Gasteiger partial charge in [0.2, 0.25) is 5.91 Å². The molecule has 25 heavy (non-hydrogen) atoms. The van der Waals surface area contributed by atoms with Gasteiger partial charge >= 0.3 is 0 Å². The third-order valence-electron chi connectivity index (χ3n) is 3.47. The molecule has 0 aliphatic carbocycles. The maximum atomic E-state index is 12.5. The van der Waals surface area contributed by atoms with E-state index >= 15 is 0 Å². The van der Waals surface area contributed by atoms with Crippen LogP contribution in [0.2, 0.25) is 5.02 Å². The van der Waals surface area contributed by atoms with Crippen LogP contribution in [0.1, 0.15) is 13.3 Å². The molecule has 8 heteroatoms. The third kappa shape index (κ3) is 4.05. The van der Waals surface area contributed by atoms with Gasteiger partial charge in [0, 0.05) is 11.9 Å². The highest BCUT2D eigenvalue weighted by Gasteiger charge is 2.21. The largest absolute Gasteiger partial charge is 0.495 e. The van der Waals surface area contributed by atoms with Crippen LogP contribution in [-0.2, 0) is 4.79 Å². The number of methoxy groups -OCH3 is 1. The fourth-order valence-electron chi connectivity index (χ4n) is 2.21.